The Morgan fingerprint density at radius 2 is 2.06 bits per heavy atom. The highest BCUT2D eigenvalue weighted by molar-refractivity contribution is 5.91. The van der Waals surface area contributed by atoms with Crippen molar-refractivity contribution >= 4 is 17.7 Å². The van der Waals surface area contributed by atoms with Crippen LogP contribution in [0.15, 0.2) is 0 Å². The summed E-state index contributed by atoms with van der Waals surface area (Å²) in [4.78, 5) is 33.9. The largest absolute Gasteiger partial charge is 0.355 e. The van der Waals surface area contributed by atoms with E-state index in [0.717, 1.165) is 0 Å². The van der Waals surface area contributed by atoms with Crippen LogP contribution in [0.2, 0.25) is 0 Å². The van der Waals surface area contributed by atoms with Crippen molar-refractivity contribution in [1.82, 2.24) is 16.0 Å². The molecule has 1 unspecified atom stereocenters. The molecule has 1 atom stereocenters. The zero-order chi connectivity index (χ0) is 13.1. The molecule has 0 radical (unpaired) electrons. The van der Waals surface area contributed by atoms with Crippen LogP contribution in [0.5, 0.6) is 0 Å². The van der Waals surface area contributed by atoms with Crippen molar-refractivity contribution in [3.8, 4) is 0 Å². The molecule has 1 aliphatic rings. The number of nitrogens with one attached hydrogen (secondary N) is 3. The molecule has 0 aromatic rings. The maximum Gasteiger partial charge on any atom is 0.239 e. The average molecular weight is 241 g/mol. The lowest BCUT2D eigenvalue weighted by molar-refractivity contribution is -0.129. The monoisotopic (exact) mass is 241 g/mol. The Hall–Kier alpha value is -1.59. The molecule has 0 spiro atoms. The molecule has 6 nitrogen and oxygen atoms in total. The fourth-order valence-electron chi connectivity index (χ4n) is 1.56. The minimum atomic E-state index is -0.357. The van der Waals surface area contributed by atoms with Crippen molar-refractivity contribution in [2.45, 2.75) is 32.7 Å². The van der Waals surface area contributed by atoms with Crippen LogP contribution in [-0.2, 0) is 14.4 Å². The summed E-state index contributed by atoms with van der Waals surface area (Å²) in [6, 6.07) is 0. The minimum Gasteiger partial charge on any atom is -0.355 e. The van der Waals surface area contributed by atoms with Gasteiger partial charge in [-0.2, -0.15) is 0 Å². The van der Waals surface area contributed by atoms with Gasteiger partial charge in [0.25, 0.3) is 0 Å². The first-order chi connectivity index (χ1) is 7.78. The third-order valence-corrected chi connectivity index (χ3v) is 2.29. The average Bonchev–Trinajstić information content (AvgIpc) is 2.58. The van der Waals surface area contributed by atoms with Crippen LogP contribution >= 0.6 is 0 Å². The fraction of sp³-hybridized carbons (Fsp3) is 0.727. The van der Waals surface area contributed by atoms with E-state index in [1.54, 1.807) is 0 Å². The second-order valence-electron chi connectivity index (χ2n) is 5.22. The Labute approximate surface area is 101 Å². The summed E-state index contributed by atoms with van der Waals surface area (Å²) in [7, 11) is 0. The molecule has 96 valence electrons. The van der Waals surface area contributed by atoms with Crippen LogP contribution in [0.4, 0.5) is 0 Å². The van der Waals surface area contributed by atoms with Gasteiger partial charge in [-0.15, -0.1) is 0 Å². The lowest BCUT2D eigenvalue weighted by Gasteiger charge is -2.20. The molecule has 3 amide bonds. The van der Waals surface area contributed by atoms with E-state index < -0.39 is 0 Å². The van der Waals surface area contributed by atoms with Gasteiger partial charge in [-0.1, -0.05) is 0 Å². The highest BCUT2D eigenvalue weighted by atomic mass is 16.2. The summed E-state index contributed by atoms with van der Waals surface area (Å²) < 4.78 is 0. The second kappa shape index (κ2) is 5.16. The highest BCUT2D eigenvalue weighted by Gasteiger charge is 2.28. The van der Waals surface area contributed by atoms with Gasteiger partial charge in [-0.3, -0.25) is 14.4 Å². The number of hydrogen-bond acceptors (Lipinski definition) is 3. The summed E-state index contributed by atoms with van der Waals surface area (Å²) in [6.07, 6.45) is 0.201. The van der Waals surface area contributed by atoms with Gasteiger partial charge in [-0.05, 0) is 20.8 Å². The molecule has 17 heavy (non-hydrogen) atoms. The normalized spacial score (nSPS) is 19.7. The topological polar surface area (TPSA) is 87.3 Å². The van der Waals surface area contributed by atoms with Gasteiger partial charge in [-0.25, -0.2) is 0 Å². The van der Waals surface area contributed by atoms with Crippen molar-refractivity contribution in [3.63, 3.8) is 0 Å². The molecule has 3 N–H and O–H groups in total. The summed E-state index contributed by atoms with van der Waals surface area (Å²) in [6.45, 7) is 5.90. The van der Waals surface area contributed by atoms with Crippen LogP contribution in [0, 0.1) is 5.92 Å². The quantitative estimate of drug-likeness (QED) is 0.601. The van der Waals surface area contributed by atoms with E-state index in [1.165, 1.54) is 0 Å². The molecular formula is C11H19N3O3. The Morgan fingerprint density at radius 1 is 1.41 bits per heavy atom. The van der Waals surface area contributed by atoms with Crippen LogP contribution in [0.1, 0.15) is 27.2 Å². The van der Waals surface area contributed by atoms with Crippen LogP contribution < -0.4 is 16.0 Å². The molecule has 1 saturated heterocycles. The van der Waals surface area contributed by atoms with Crippen LogP contribution in [-0.4, -0.2) is 36.3 Å². The number of carbonyl (C=O) groups excluding carboxylic acids is 3. The first kappa shape index (κ1) is 13.5. The number of rotatable bonds is 3. The maximum absolute atomic E-state index is 11.6. The smallest absolute Gasteiger partial charge is 0.239 e. The lowest BCUT2D eigenvalue weighted by atomic mass is 10.1. The molecule has 6 heteroatoms. The molecule has 1 aliphatic heterocycles. The van der Waals surface area contributed by atoms with Crippen LogP contribution in [0.25, 0.3) is 0 Å². The van der Waals surface area contributed by atoms with E-state index in [4.69, 9.17) is 0 Å². The maximum atomic E-state index is 11.6. The molecule has 1 rings (SSSR count). The molecule has 0 bridgehead atoms. The van der Waals surface area contributed by atoms with E-state index in [-0.39, 0.29) is 42.1 Å². The van der Waals surface area contributed by atoms with Crippen molar-refractivity contribution in [2.75, 3.05) is 13.1 Å². The first-order valence-corrected chi connectivity index (χ1v) is 5.63. The van der Waals surface area contributed by atoms with E-state index in [2.05, 4.69) is 16.0 Å². The van der Waals surface area contributed by atoms with Gasteiger partial charge >= 0.3 is 0 Å². The number of carbonyl (C=O) groups is 3. The van der Waals surface area contributed by atoms with Crippen molar-refractivity contribution in [3.05, 3.63) is 0 Å². The highest BCUT2D eigenvalue weighted by Crippen LogP contribution is 2.08. The SMILES string of the molecule is CC(C)(C)NC(=O)CNC(=O)C1CNC(=O)C1. The number of hydrogen-bond donors (Lipinski definition) is 3. The van der Waals surface area contributed by atoms with Crippen molar-refractivity contribution < 1.29 is 14.4 Å². The predicted molar refractivity (Wildman–Crippen MR) is 62.0 cm³/mol. The standard InChI is InChI=1S/C11H19N3O3/c1-11(2,3)14-9(16)6-13-10(17)7-4-8(15)12-5-7/h7H,4-6H2,1-3H3,(H,12,15)(H,13,17)(H,14,16). The Balaban J connectivity index is 2.29. The van der Waals surface area contributed by atoms with Crippen molar-refractivity contribution in [2.24, 2.45) is 5.92 Å². The van der Waals surface area contributed by atoms with E-state index in [0.29, 0.717) is 6.54 Å². The van der Waals surface area contributed by atoms with E-state index in [9.17, 15) is 14.4 Å². The Morgan fingerprint density at radius 3 is 2.53 bits per heavy atom. The minimum absolute atomic E-state index is 0.0548. The summed E-state index contributed by atoms with van der Waals surface area (Å²) in [5, 5.41) is 7.84. The molecule has 0 aromatic heterocycles. The molecule has 0 aromatic carbocycles. The zero-order valence-corrected chi connectivity index (χ0v) is 10.4. The summed E-state index contributed by atoms with van der Waals surface area (Å²) in [5.41, 5.74) is -0.313. The molecule has 1 heterocycles. The van der Waals surface area contributed by atoms with Gasteiger partial charge in [0.1, 0.15) is 0 Å². The molecule has 1 fully saturated rings. The van der Waals surface area contributed by atoms with Gasteiger partial charge in [0, 0.05) is 18.5 Å². The van der Waals surface area contributed by atoms with Gasteiger partial charge < -0.3 is 16.0 Å². The second-order valence-corrected chi connectivity index (χ2v) is 5.22. The van der Waals surface area contributed by atoms with Gasteiger partial charge in [0.2, 0.25) is 17.7 Å². The molecular weight excluding hydrogens is 222 g/mol. The third kappa shape index (κ3) is 4.84. The lowest BCUT2D eigenvalue weighted by Crippen LogP contribution is -2.46. The number of amides is 3. The third-order valence-electron chi connectivity index (χ3n) is 2.29. The van der Waals surface area contributed by atoms with Gasteiger partial charge in [0.15, 0.2) is 0 Å². The Kier molecular flexibility index (Phi) is 4.09. The van der Waals surface area contributed by atoms with Crippen LogP contribution in [0.3, 0.4) is 0 Å². The van der Waals surface area contributed by atoms with E-state index in [1.807, 2.05) is 20.8 Å². The fourth-order valence-corrected chi connectivity index (χ4v) is 1.56. The molecule has 0 aliphatic carbocycles. The Bertz CT molecular complexity index is 333. The summed E-state index contributed by atoms with van der Waals surface area (Å²) in [5.74, 6) is -0.968. The van der Waals surface area contributed by atoms with Gasteiger partial charge in [0.05, 0.1) is 12.5 Å². The predicted octanol–water partition coefficient (Wildman–Crippen LogP) is -0.847. The summed E-state index contributed by atoms with van der Waals surface area (Å²) >= 11 is 0. The zero-order valence-electron chi connectivity index (χ0n) is 10.4. The van der Waals surface area contributed by atoms with Crippen molar-refractivity contribution in [1.29, 1.82) is 0 Å². The first-order valence-electron chi connectivity index (χ1n) is 5.63. The molecule has 0 saturated carbocycles. The van der Waals surface area contributed by atoms with E-state index >= 15 is 0 Å².